The van der Waals surface area contributed by atoms with Gasteiger partial charge in [-0.3, -0.25) is 4.79 Å². The average molecular weight is 224 g/mol. The molecule has 0 saturated heterocycles. The number of carbonyl (C=O) groups excluding carboxylic acids is 1. The minimum absolute atomic E-state index is 0.157. The van der Waals surface area contributed by atoms with E-state index in [0.717, 1.165) is 12.5 Å². The van der Waals surface area contributed by atoms with Crippen LogP contribution < -0.4 is 11.1 Å². The van der Waals surface area contributed by atoms with E-state index in [0.29, 0.717) is 5.56 Å². The fourth-order valence-corrected chi connectivity index (χ4v) is 1.20. The summed E-state index contributed by atoms with van der Waals surface area (Å²) in [7, 11) is 0. The van der Waals surface area contributed by atoms with Gasteiger partial charge in [0.15, 0.2) is 0 Å². The summed E-state index contributed by atoms with van der Waals surface area (Å²) >= 11 is 0. The SMILES string of the molecule is CCC(C)(C)NC(=O)c1ccc(F)cc1N. The number of hydrogen-bond acceptors (Lipinski definition) is 2. The Labute approximate surface area is 94.8 Å². The Bertz CT molecular complexity index is 402. The van der Waals surface area contributed by atoms with E-state index in [4.69, 9.17) is 5.73 Å². The topological polar surface area (TPSA) is 55.1 Å². The van der Waals surface area contributed by atoms with Gasteiger partial charge in [0, 0.05) is 11.2 Å². The number of nitrogens with two attached hydrogens (primary N) is 1. The monoisotopic (exact) mass is 224 g/mol. The van der Waals surface area contributed by atoms with Crippen LogP contribution in [0.1, 0.15) is 37.6 Å². The van der Waals surface area contributed by atoms with Crippen LogP contribution in [0.25, 0.3) is 0 Å². The minimum Gasteiger partial charge on any atom is -0.398 e. The molecule has 16 heavy (non-hydrogen) atoms. The maximum absolute atomic E-state index is 12.8. The summed E-state index contributed by atoms with van der Waals surface area (Å²) in [6.45, 7) is 5.82. The molecule has 1 aromatic carbocycles. The zero-order valence-electron chi connectivity index (χ0n) is 9.80. The molecule has 0 fully saturated rings. The highest BCUT2D eigenvalue weighted by Gasteiger charge is 2.20. The Morgan fingerprint density at radius 1 is 1.50 bits per heavy atom. The molecule has 0 spiro atoms. The van der Waals surface area contributed by atoms with E-state index >= 15 is 0 Å². The first-order chi connectivity index (χ1) is 7.35. The number of amides is 1. The third-order valence-corrected chi connectivity index (χ3v) is 2.59. The molecule has 3 nitrogen and oxygen atoms in total. The fourth-order valence-electron chi connectivity index (χ4n) is 1.20. The lowest BCUT2D eigenvalue weighted by Gasteiger charge is -2.24. The molecule has 0 heterocycles. The molecule has 0 aliphatic heterocycles. The van der Waals surface area contributed by atoms with Crippen molar-refractivity contribution in [2.75, 3.05) is 5.73 Å². The number of rotatable bonds is 3. The number of benzene rings is 1. The van der Waals surface area contributed by atoms with Gasteiger partial charge in [-0.25, -0.2) is 4.39 Å². The van der Waals surface area contributed by atoms with E-state index in [-0.39, 0.29) is 17.1 Å². The molecular formula is C12H17FN2O. The van der Waals surface area contributed by atoms with Crippen LogP contribution in [0.3, 0.4) is 0 Å². The molecule has 1 rings (SSSR count). The predicted octanol–water partition coefficient (Wildman–Crippen LogP) is 2.33. The zero-order valence-corrected chi connectivity index (χ0v) is 9.80. The number of anilines is 1. The van der Waals surface area contributed by atoms with Crippen LogP contribution in [0.5, 0.6) is 0 Å². The smallest absolute Gasteiger partial charge is 0.253 e. The van der Waals surface area contributed by atoms with E-state index in [1.165, 1.54) is 12.1 Å². The molecule has 0 aliphatic carbocycles. The summed E-state index contributed by atoms with van der Waals surface area (Å²) in [5.74, 6) is -0.715. The Balaban J connectivity index is 2.89. The Kier molecular flexibility index (Phi) is 3.52. The van der Waals surface area contributed by atoms with Gasteiger partial charge in [0.1, 0.15) is 5.82 Å². The van der Waals surface area contributed by atoms with E-state index in [1.807, 2.05) is 20.8 Å². The van der Waals surface area contributed by atoms with Crippen molar-refractivity contribution in [1.29, 1.82) is 0 Å². The molecule has 0 unspecified atom stereocenters. The largest absolute Gasteiger partial charge is 0.398 e. The van der Waals surface area contributed by atoms with Crippen molar-refractivity contribution in [3.05, 3.63) is 29.6 Å². The van der Waals surface area contributed by atoms with Gasteiger partial charge < -0.3 is 11.1 Å². The summed E-state index contributed by atoms with van der Waals surface area (Å²) in [5.41, 5.74) is 5.75. The normalized spacial score (nSPS) is 11.2. The van der Waals surface area contributed by atoms with E-state index in [2.05, 4.69) is 5.32 Å². The lowest BCUT2D eigenvalue weighted by molar-refractivity contribution is 0.0912. The summed E-state index contributed by atoms with van der Waals surface area (Å²) in [6.07, 6.45) is 0.805. The van der Waals surface area contributed by atoms with Crippen LogP contribution in [-0.2, 0) is 0 Å². The number of carbonyl (C=O) groups is 1. The second kappa shape index (κ2) is 4.51. The minimum atomic E-state index is -0.441. The lowest BCUT2D eigenvalue weighted by Crippen LogP contribution is -2.43. The van der Waals surface area contributed by atoms with Gasteiger partial charge in [-0.05, 0) is 38.5 Å². The van der Waals surface area contributed by atoms with Crippen molar-refractivity contribution in [2.24, 2.45) is 0 Å². The van der Waals surface area contributed by atoms with Crippen LogP contribution in [0.2, 0.25) is 0 Å². The van der Waals surface area contributed by atoms with Crippen LogP contribution in [0.4, 0.5) is 10.1 Å². The molecular weight excluding hydrogens is 207 g/mol. The van der Waals surface area contributed by atoms with Crippen LogP contribution in [-0.4, -0.2) is 11.4 Å². The Morgan fingerprint density at radius 3 is 2.62 bits per heavy atom. The van der Waals surface area contributed by atoms with E-state index < -0.39 is 5.82 Å². The Hall–Kier alpha value is -1.58. The maximum Gasteiger partial charge on any atom is 0.253 e. The third-order valence-electron chi connectivity index (χ3n) is 2.59. The number of nitrogen functional groups attached to an aromatic ring is 1. The van der Waals surface area contributed by atoms with Crippen molar-refractivity contribution in [1.82, 2.24) is 5.32 Å². The highest BCUT2D eigenvalue weighted by atomic mass is 19.1. The summed E-state index contributed by atoms with van der Waals surface area (Å²) in [5, 5.41) is 2.84. The standard InChI is InChI=1S/C12H17FN2O/c1-4-12(2,3)15-11(16)9-6-5-8(13)7-10(9)14/h5-7H,4,14H2,1-3H3,(H,15,16). The molecule has 4 heteroatoms. The maximum atomic E-state index is 12.8. The molecule has 1 aromatic rings. The molecule has 0 saturated carbocycles. The zero-order chi connectivity index (χ0) is 12.3. The van der Waals surface area contributed by atoms with Crippen LogP contribution in [0.15, 0.2) is 18.2 Å². The highest BCUT2D eigenvalue weighted by molar-refractivity contribution is 5.99. The van der Waals surface area contributed by atoms with Crippen molar-refractivity contribution in [2.45, 2.75) is 32.7 Å². The Morgan fingerprint density at radius 2 is 2.12 bits per heavy atom. The number of halogens is 1. The highest BCUT2D eigenvalue weighted by Crippen LogP contribution is 2.15. The summed E-state index contributed by atoms with van der Waals surface area (Å²) in [6, 6.07) is 3.77. The van der Waals surface area contributed by atoms with Gasteiger partial charge in [0.05, 0.1) is 5.56 Å². The van der Waals surface area contributed by atoms with E-state index in [1.54, 1.807) is 0 Å². The average Bonchev–Trinajstić information content (AvgIpc) is 2.16. The summed E-state index contributed by atoms with van der Waals surface area (Å²) in [4.78, 5) is 11.8. The van der Waals surface area contributed by atoms with Crippen molar-refractivity contribution < 1.29 is 9.18 Å². The fraction of sp³-hybridized carbons (Fsp3) is 0.417. The van der Waals surface area contributed by atoms with Crippen molar-refractivity contribution in [3.8, 4) is 0 Å². The van der Waals surface area contributed by atoms with Gasteiger partial charge in [-0.2, -0.15) is 0 Å². The van der Waals surface area contributed by atoms with Crippen molar-refractivity contribution in [3.63, 3.8) is 0 Å². The molecule has 0 aliphatic rings. The molecule has 3 N–H and O–H groups in total. The number of nitrogens with one attached hydrogen (secondary N) is 1. The van der Waals surface area contributed by atoms with Gasteiger partial charge in [0.25, 0.3) is 5.91 Å². The summed E-state index contributed by atoms with van der Waals surface area (Å²) < 4.78 is 12.8. The molecule has 0 bridgehead atoms. The second-order valence-corrected chi connectivity index (χ2v) is 4.42. The molecule has 88 valence electrons. The van der Waals surface area contributed by atoms with Gasteiger partial charge in [0.2, 0.25) is 0 Å². The van der Waals surface area contributed by atoms with Gasteiger partial charge in [-0.15, -0.1) is 0 Å². The molecule has 0 radical (unpaired) electrons. The number of hydrogen-bond donors (Lipinski definition) is 2. The van der Waals surface area contributed by atoms with Gasteiger partial charge >= 0.3 is 0 Å². The van der Waals surface area contributed by atoms with Crippen LogP contribution in [0, 0.1) is 5.82 Å². The first-order valence-electron chi connectivity index (χ1n) is 5.23. The third kappa shape index (κ3) is 2.95. The van der Waals surface area contributed by atoms with Crippen molar-refractivity contribution >= 4 is 11.6 Å². The quantitative estimate of drug-likeness (QED) is 0.774. The van der Waals surface area contributed by atoms with Crippen LogP contribution >= 0.6 is 0 Å². The van der Waals surface area contributed by atoms with Gasteiger partial charge in [-0.1, -0.05) is 6.92 Å². The molecule has 0 atom stereocenters. The first kappa shape index (κ1) is 12.5. The van der Waals surface area contributed by atoms with E-state index in [9.17, 15) is 9.18 Å². The lowest BCUT2D eigenvalue weighted by atomic mass is 10.0. The second-order valence-electron chi connectivity index (χ2n) is 4.42. The molecule has 0 aromatic heterocycles. The first-order valence-corrected chi connectivity index (χ1v) is 5.23. The predicted molar refractivity (Wildman–Crippen MR) is 62.6 cm³/mol. The molecule has 1 amide bonds.